The van der Waals surface area contributed by atoms with Gasteiger partial charge in [0, 0.05) is 0 Å². The number of methoxy groups -OCH3 is 1. The van der Waals surface area contributed by atoms with Gasteiger partial charge in [-0.05, 0) is 35.4 Å². The molecule has 2 aromatic rings. The first kappa shape index (κ1) is 16.7. The zero-order chi connectivity index (χ0) is 17.0. The summed E-state index contributed by atoms with van der Waals surface area (Å²) in [7, 11) is 1.59. The monoisotopic (exact) mass is 319 g/mol. The molecule has 2 aromatic carbocycles. The van der Waals surface area contributed by atoms with E-state index in [4.69, 9.17) is 9.84 Å². The van der Waals surface area contributed by atoms with E-state index in [0.717, 1.165) is 22.1 Å². The molecule has 0 saturated heterocycles. The summed E-state index contributed by atoms with van der Waals surface area (Å²) in [6, 6.07) is 9.56. The van der Waals surface area contributed by atoms with Crippen LogP contribution in [0, 0.1) is 0 Å². The number of hydrogen-bond donors (Lipinski definition) is 2. The molecule has 0 bridgehead atoms. The fraction of sp³-hybridized carbons (Fsp3) is 0.294. The summed E-state index contributed by atoms with van der Waals surface area (Å²) < 4.78 is 17.8. The van der Waals surface area contributed by atoms with Crippen LogP contribution >= 0.6 is 0 Å². The van der Waals surface area contributed by atoms with Gasteiger partial charge in [0.25, 0.3) is 0 Å². The van der Waals surface area contributed by atoms with Gasteiger partial charge in [-0.25, -0.2) is 9.18 Å². The average molecular weight is 319 g/mol. The molecule has 2 atom stereocenters. The molecular weight excluding hydrogens is 301 g/mol. The van der Waals surface area contributed by atoms with E-state index in [1.54, 1.807) is 20.1 Å². The van der Waals surface area contributed by atoms with Gasteiger partial charge in [-0.3, -0.25) is 4.79 Å². The highest BCUT2D eigenvalue weighted by Crippen LogP contribution is 2.25. The number of nitrogens with one attached hydrogen (secondary N) is 1. The Labute approximate surface area is 133 Å². The number of carboxylic acids is 1. The second-order valence-corrected chi connectivity index (χ2v) is 5.25. The lowest BCUT2D eigenvalue weighted by Crippen LogP contribution is -2.44. The van der Waals surface area contributed by atoms with Crippen molar-refractivity contribution >= 4 is 22.6 Å². The molecule has 2 N–H and O–H groups in total. The molecule has 5 nitrogen and oxygen atoms in total. The van der Waals surface area contributed by atoms with Gasteiger partial charge in [0.05, 0.1) is 13.0 Å². The maximum atomic E-state index is 12.6. The number of carbonyl (C=O) groups excluding carboxylic acids is 1. The van der Waals surface area contributed by atoms with Crippen molar-refractivity contribution in [3.63, 3.8) is 0 Å². The Kier molecular flexibility index (Phi) is 5.16. The molecule has 0 aliphatic carbocycles. The molecular formula is C17H18FNO4. The van der Waals surface area contributed by atoms with E-state index in [-0.39, 0.29) is 0 Å². The predicted molar refractivity (Wildman–Crippen MR) is 84.5 cm³/mol. The Morgan fingerprint density at radius 3 is 2.48 bits per heavy atom. The highest BCUT2D eigenvalue weighted by Gasteiger charge is 2.23. The van der Waals surface area contributed by atoms with Crippen molar-refractivity contribution in [1.29, 1.82) is 0 Å². The van der Waals surface area contributed by atoms with E-state index in [1.807, 2.05) is 30.3 Å². The van der Waals surface area contributed by atoms with Gasteiger partial charge in [0.2, 0.25) is 5.91 Å². The Morgan fingerprint density at radius 2 is 1.87 bits per heavy atom. The number of hydrogen-bond acceptors (Lipinski definition) is 3. The number of rotatable bonds is 6. The average Bonchev–Trinajstić information content (AvgIpc) is 2.57. The molecule has 0 aliphatic heterocycles. The summed E-state index contributed by atoms with van der Waals surface area (Å²) in [6.45, 7) is 0.502. The van der Waals surface area contributed by atoms with Gasteiger partial charge in [0.1, 0.15) is 12.4 Å². The van der Waals surface area contributed by atoms with Crippen LogP contribution < -0.4 is 10.1 Å². The van der Waals surface area contributed by atoms with Crippen LogP contribution in [-0.4, -0.2) is 36.8 Å². The van der Waals surface area contributed by atoms with Crippen molar-refractivity contribution in [1.82, 2.24) is 5.32 Å². The number of amides is 1. The molecule has 0 fully saturated rings. The number of halogens is 1. The van der Waals surface area contributed by atoms with Gasteiger partial charge in [-0.1, -0.05) is 24.3 Å². The zero-order valence-electron chi connectivity index (χ0n) is 12.9. The predicted octanol–water partition coefficient (Wildman–Crippen LogP) is 2.49. The Hall–Kier alpha value is -2.63. The largest absolute Gasteiger partial charge is 0.497 e. The summed E-state index contributed by atoms with van der Waals surface area (Å²) in [6.07, 6.45) is 0. The summed E-state index contributed by atoms with van der Waals surface area (Å²) >= 11 is 0. The Balaban J connectivity index is 2.21. The Bertz CT molecular complexity index is 732. The molecule has 1 amide bonds. The highest BCUT2D eigenvalue weighted by molar-refractivity contribution is 5.90. The SMILES string of the molecule is COc1ccc2cc(C(C)C(=O)NC(CF)C(=O)O)ccc2c1. The van der Waals surface area contributed by atoms with Gasteiger partial charge < -0.3 is 15.2 Å². The maximum absolute atomic E-state index is 12.6. The smallest absolute Gasteiger partial charge is 0.328 e. The van der Waals surface area contributed by atoms with E-state index in [0.29, 0.717) is 0 Å². The van der Waals surface area contributed by atoms with E-state index >= 15 is 0 Å². The lowest BCUT2D eigenvalue weighted by Gasteiger charge is -2.16. The zero-order valence-corrected chi connectivity index (χ0v) is 12.9. The molecule has 0 aliphatic rings. The second-order valence-electron chi connectivity index (χ2n) is 5.25. The van der Waals surface area contributed by atoms with Gasteiger partial charge >= 0.3 is 5.97 Å². The minimum absolute atomic E-state index is 0.525. The first-order chi connectivity index (χ1) is 11.0. The minimum atomic E-state index is -1.52. The van der Waals surface area contributed by atoms with Crippen LogP contribution in [0.1, 0.15) is 18.4 Å². The first-order valence-electron chi connectivity index (χ1n) is 7.13. The van der Waals surface area contributed by atoms with E-state index in [2.05, 4.69) is 5.32 Å². The fourth-order valence-electron chi connectivity index (χ4n) is 2.25. The van der Waals surface area contributed by atoms with Crippen LogP contribution in [-0.2, 0) is 9.59 Å². The van der Waals surface area contributed by atoms with Crippen molar-refractivity contribution < 1.29 is 23.8 Å². The molecule has 0 saturated carbocycles. The lowest BCUT2D eigenvalue weighted by molar-refractivity contribution is -0.142. The van der Waals surface area contributed by atoms with Crippen LogP contribution in [0.3, 0.4) is 0 Å². The standard InChI is InChI=1S/C17H18FNO4/c1-10(16(20)19-15(9-18)17(21)22)11-3-4-13-8-14(23-2)6-5-12(13)7-11/h3-8,10,15H,9H2,1-2H3,(H,19,20)(H,21,22). The number of fused-ring (bicyclic) bond motifs is 1. The molecule has 6 heteroatoms. The number of carboxylic acid groups (broad SMARTS) is 1. The lowest BCUT2D eigenvalue weighted by atomic mass is 9.96. The van der Waals surface area contributed by atoms with Crippen LogP contribution in [0.5, 0.6) is 5.75 Å². The quantitative estimate of drug-likeness (QED) is 0.858. The second kappa shape index (κ2) is 7.09. The number of alkyl halides is 1. The Morgan fingerprint density at radius 1 is 1.22 bits per heavy atom. The van der Waals surface area contributed by atoms with Crippen LogP contribution in [0.2, 0.25) is 0 Å². The number of ether oxygens (including phenoxy) is 1. The highest BCUT2D eigenvalue weighted by atomic mass is 19.1. The van der Waals surface area contributed by atoms with Gasteiger partial charge in [-0.2, -0.15) is 0 Å². The molecule has 2 unspecified atom stereocenters. The molecule has 0 spiro atoms. The van der Waals surface area contributed by atoms with E-state index in [9.17, 15) is 14.0 Å². The molecule has 2 rings (SSSR count). The molecule has 0 heterocycles. The van der Waals surface area contributed by atoms with Crippen LogP contribution in [0.15, 0.2) is 36.4 Å². The molecule has 122 valence electrons. The van der Waals surface area contributed by atoms with Gasteiger partial charge in [-0.15, -0.1) is 0 Å². The van der Waals surface area contributed by atoms with Crippen molar-refractivity contribution in [2.45, 2.75) is 18.9 Å². The maximum Gasteiger partial charge on any atom is 0.328 e. The summed E-state index contributed by atoms with van der Waals surface area (Å²) in [4.78, 5) is 22.9. The molecule has 0 aromatic heterocycles. The number of aliphatic carboxylic acids is 1. The third-order valence-corrected chi connectivity index (χ3v) is 3.73. The number of benzene rings is 2. The molecule has 0 radical (unpaired) electrons. The van der Waals surface area contributed by atoms with Gasteiger partial charge in [0.15, 0.2) is 6.04 Å². The summed E-state index contributed by atoms with van der Waals surface area (Å²) in [5, 5.41) is 12.9. The van der Waals surface area contributed by atoms with E-state index in [1.165, 1.54) is 0 Å². The van der Waals surface area contributed by atoms with Crippen molar-refractivity contribution in [2.24, 2.45) is 0 Å². The van der Waals surface area contributed by atoms with Crippen molar-refractivity contribution in [3.8, 4) is 5.75 Å². The third kappa shape index (κ3) is 3.77. The normalized spacial score (nSPS) is 13.3. The van der Waals surface area contributed by atoms with Crippen molar-refractivity contribution in [3.05, 3.63) is 42.0 Å². The number of carbonyl (C=O) groups is 2. The summed E-state index contributed by atoms with van der Waals surface area (Å²) in [5.74, 6) is -1.76. The van der Waals surface area contributed by atoms with Crippen LogP contribution in [0.4, 0.5) is 4.39 Å². The molecule has 23 heavy (non-hydrogen) atoms. The first-order valence-corrected chi connectivity index (χ1v) is 7.13. The fourth-order valence-corrected chi connectivity index (χ4v) is 2.25. The van der Waals surface area contributed by atoms with E-state index < -0.39 is 30.5 Å². The third-order valence-electron chi connectivity index (χ3n) is 3.73. The minimum Gasteiger partial charge on any atom is -0.497 e. The van der Waals surface area contributed by atoms with Crippen molar-refractivity contribution in [2.75, 3.05) is 13.8 Å². The topological polar surface area (TPSA) is 75.6 Å². The summed E-state index contributed by atoms with van der Waals surface area (Å²) in [5.41, 5.74) is 0.725. The van der Waals surface area contributed by atoms with Crippen LogP contribution in [0.25, 0.3) is 10.8 Å².